The van der Waals surface area contributed by atoms with E-state index >= 15 is 0 Å². The fourth-order valence-electron chi connectivity index (χ4n) is 0.303. The zero-order valence-electron chi connectivity index (χ0n) is 5.93. The van der Waals surface area contributed by atoms with Gasteiger partial charge in [0.1, 0.15) is 0 Å². The van der Waals surface area contributed by atoms with Gasteiger partial charge in [0.15, 0.2) is 0 Å². The van der Waals surface area contributed by atoms with Crippen LogP contribution in [-0.2, 0) is 14.9 Å². The summed E-state index contributed by atoms with van der Waals surface area (Å²) in [5.41, 5.74) is 0. The molecule has 0 saturated heterocycles. The Morgan fingerprint density at radius 2 is 1.47 bits per heavy atom. The Morgan fingerprint density at radius 3 is 1.67 bits per heavy atom. The molecule has 0 aromatic rings. The van der Waals surface area contributed by atoms with E-state index in [1.165, 1.54) is 0 Å². The van der Waals surface area contributed by atoms with Crippen molar-refractivity contribution >= 4 is 61.5 Å². The van der Waals surface area contributed by atoms with Gasteiger partial charge in [-0.1, -0.05) is 0 Å². The molecule has 1 N–H and O–H groups in total. The molecule has 0 aliphatic carbocycles. The SMILES string of the molecule is O=S(=O)(O)C(F)(F)C(F)OC(F)(F)F.[KH]. The zero-order chi connectivity index (χ0) is 11.8. The molecule has 0 rings (SSSR count). The van der Waals surface area contributed by atoms with Crippen molar-refractivity contribution in [1.29, 1.82) is 0 Å². The molecule has 0 aromatic carbocycles. The van der Waals surface area contributed by atoms with Crippen LogP contribution in [0.5, 0.6) is 0 Å². The van der Waals surface area contributed by atoms with E-state index in [0.29, 0.717) is 0 Å². The molecule has 0 saturated carbocycles. The molecule has 88 valence electrons. The van der Waals surface area contributed by atoms with Gasteiger partial charge in [0.2, 0.25) is 0 Å². The standard InChI is InChI=1S/C3H2F6O4S.K.H/c4-1(13-3(7,8)9)2(5,6)14(10,11)12;;/h1H,(H,10,11,12);;. The molecule has 0 bridgehead atoms. The summed E-state index contributed by atoms with van der Waals surface area (Å²) >= 11 is 0. The van der Waals surface area contributed by atoms with Crippen LogP contribution >= 0.6 is 0 Å². The van der Waals surface area contributed by atoms with Crippen molar-refractivity contribution in [1.82, 2.24) is 0 Å². The fourth-order valence-corrected chi connectivity index (χ4v) is 0.585. The molecular weight excluding hydrogens is 285 g/mol. The van der Waals surface area contributed by atoms with Gasteiger partial charge in [-0.3, -0.25) is 4.55 Å². The Kier molecular flexibility index (Phi) is 6.91. The molecule has 12 heteroatoms. The Balaban J connectivity index is 0. The van der Waals surface area contributed by atoms with E-state index in [-0.39, 0.29) is 51.4 Å². The Bertz CT molecular complexity index is 298. The third-order valence-electron chi connectivity index (χ3n) is 0.845. The van der Waals surface area contributed by atoms with Gasteiger partial charge in [-0.2, -0.15) is 17.2 Å². The van der Waals surface area contributed by atoms with Crippen molar-refractivity contribution in [2.24, 2.45) is 0 Å². The van der Waals surface area contributed by atoms with Gasteiger partial charge in [-0.15, -0.1) is 13.2 Å². The van der Waals surface area contributed by atoms with Crippen LogP contribution in [-0.4, -0.2) is 82.3 Å². The summed E-state index contributed by atoms with van der Waals surface area (Å²) in [6.45, 7) is 0. The molecule has 0 aromatic heterocycles. The molecule has 0 amide bonds. The van der Waals surface area contributed by atoms with Gasteiger partial charge in [-0.25, -0.2) is 9.13 Å². The molecule has 0 aliphatic rings. The average molecular weight is 288 g/mol. The van der Waals surface area contributed by atoms with E-state index in [9.17, 15) is 34.8 Å². The van der Waals surface area contributed by atoms with Crippen molar-refractivity contribution in [3.63, 3.8) is 0 Å². The minimum absolute atomic E-state index is 0. The molecule has 15 heavy (non-hydrogen) atoms. The van der Waals surface area contributed by atoms with Crippen LogP contribution < -0.4 is 0 Å². The van der Waals surface area contributed by atoms with Crippen LogP contribution in [0.3, 0.4) is 0 Å². The summed E-state index contributed by atoms with van der Waals surface area (Å²) in [6.07, 6.45) is -10.3. The predicted molar refractivity (Wildman–Crippen MR) is 35.7 cm³/mol. The third kappa shape index (κ3) is 5.81. The molecule has 0 aliphatic heterocycles. The number of halogens is 6. The number of hydrogen-bond donors (Lipinski definition) is 1. The average Bonchev–Trinajstić information content (AvgIpc) is 1.80. The molecule has 0 radical (unpaired) electrons. The Morgan fingerprint density at radius 1 is 1.13 bits per heavy atom. The second kappa shape index (κ2) is 5.62. The van der Waals surface area contributed by atoms with Gasteiger partial charge < -0.3 is 0 Å². The molecule has 1 unspecified atom stereocenters. The molecule has 0 fully saturated rings. The van der Waals surface area contributed by atoms with Crippen LogP contribution in [0.15, 0.2) is 0 Å². The van der Waals surface area contributed by atoms with Crippen LogP contribution in [0.25, 0.3) is 0 Å². The molecule has 0 spiro atoms. The summed E-state index contributed by atoms with van der Waals surface area (Å²) in [5, 5.41) is -5.68. The Labute approximate surface area is 122 Å². The van der Waals surface area contributed by atoms with E-state index in [1.807, 2.05) is 0 Å². The first kappa shape index (κ1) is 18.5. The van der Waals surface area contributed by atoms with Crippen molar-refractivity contribution < 1.29 is 44.0 Å². The van der Waals surface area contributed by atoms with Crippen molar-refractivity contribution in [2.45, 2.75) is 18.0 Å². The summed E-state index contributed by atoms with van der Waals surface area (Å²) in [7, 11) is -6.31. The van der Waals surface area contributed by atoms with Crippen LogP contribution in [0.2, 0.25) is 0 Å². The van der Waals surface area contributed by atoms with Crippen molar-refractivity contribution in [2.75, 3.05) is 0 Å². The minimum atomic E-state index is -6.31. The molecular formula is C3H3F6KO4S. The van der Waals surface area contributed by atoms with Gasteiger partial charge in [0.05, 0.1) is 0 Å². The van der Waals surface area contributed by atoms with Crippen LogP contribution in [0.1, 0.15) is 0 Å². The van der Waals surface area contributed by atoms with Gasteiger partial charge in [-0.05, 0) is 0 Å². The molecule has 1 atom stereocenters. The van der Waals surface area contributed by atoms with Crippen LogP contribution in [0, 0.1) is 0 Å². The molecule has 0 heterocycles. The van der Waals surface area contributed by atoms with Crippen LogP contribution in [0.4, 0.5) is 26.3 Å². The summed E-state index contributed by atoms with van der Waals surface area (Å²) in [6, 6.07) is 0. The van der Waals surface area contributed by atoms with Gasteiger partial charge in [0.25, 0.3) is 6.36 Å². The monoisotopic (exact) mass is 288 g/mol. The van der Waals surface area contributed by atoms with Gasteiger partial charge >= 0.3 is 73.1 Å². The zero-order valence-corrected chi connectivity index (χ0v) is 6.74. The first-order valence-corrected chi connectivity index (χ1v) is 4.05. The number of rotatable bonds is 3. The fraction of sp³-hybridized carbons (Fsp3) is 1.00. The quantitative estimate of drug-likeness (QED) is 0.470. The van der Waals surface area contributed by atoms with Crippen molar-refractivity contribution in [3.05, 3.63) is 0 Å². The summed E-state index contributed by atoms with van der Waals surface area (Å²) in [5.74, 6) is 0. The predicted octanol–water partition coefficient (Wildman–Crippen LogP) is 0.651. The number of ether oxygens (including phenoxy) is 1. The second-order valence-corrected chi connectivity index (χ2v) is 3.41. The normalized spacial score (nSPS) is 15.7. The first-order valence-electron chi connectivity index (χ1n) is 2.61. The van der Waals surface area contributed by atoms with E-state index in [0.717, 1.165) is 0 Å². The van der Waals surface area contributed by atoms with Crippen molar-refractivity contribution in [3.8, 4) is 0 Å². The van der Waals surface area contributed by atoms with Gasteiger partial charge in [0, 0.05) is 0 Å². The maximum atomic E-state index is 12.0. The Hall–Kier alpha value is 1.09. The number of hydrogen-bond acceptors (Lipinski definition) is 3. The topological polar surface area (TPSA) is 63.6 Å². The molecule has 4 nitrogen and oxygen atoms in total. The second-order valence-electron chi connectivity index (χ2n) is 1.92. The summed E-state index contributed by atoms with van der Waals surface area (Å²) < 4.78 is 98.5. The number of alkyl halides is 6. The third-order valence-corrected chi connectivity index (χ3v) is 1.72. The van der Waals surface area contributed by atoms with E-state index in [4.69, 9.17) is 4.55 Å². The van der Waals surface area contributed by atoms with E-state index in [1.54, 1.807) is 0 Å². The van der Waals surface area contributed by atoms with E-state index in [2.05, 4.69) is 4.74 Å². The van der Waals surface area contributed by atoms with E-state index < -0.39 is 28.1 Å². The maximum absolute atomic E-state index is 12.0. The summed E-state index contributed by atoms with van der Waals surface area (Å²) in [4.78, 5) is 0. The first-order chi connectivity index (χ1) is 5.88.